The van der Waals surface area contributed by atoms with Crippen molar-refractivity contribution in [3.05, 3.63) is 101 Å². The Morgan fingerprint density at radius 1 is 1.09 bits per heavy atom. The number of carbonyl (C=O) groups excluding carboxylic acids is 1. The number of aryl methyl sites for hydroxylation is 2. The lowest BCUT2D eigenvalue weighted by atomic mass is 10.1. The van der Waals surface area contributed by atoms with E-state index < -0.39 is 0 Å². The molecular formula is C25H24FN3O3. The standard InChI is InChI=1S/C25H24FN3O3/c1-16-5-4-6-19(13-16)14-29-18(3)24(17(2)28-29)27-25(30)23-12-11-22(32-23)15-31-21-9-7-20(26)8-10-21/h4-13H,14-15H2,1-3H3,(H,27,30). The van der Waals surface area contributed by atoms with Crippen molar-refractivity contribution in [3.63, 3.8) is 0 Å². The third kappa shape index (κ3) is 4.88. The normalized spacial score (nSPS) is 10.9. The van der Waals surface area contributed by atoms with Crippen molar-refractivity contribution < 1.29 is 18.3 Å². The molecule has 0 radical (unpaired) electrons. The Morgan fingerprint density at radius 2 is 1.88 bits per heavy atom. The number of hydrogen-bond donors (Lipinski definition) is 1. The number of amides is 1. The third-order valence-corrected chi connectivity index (χ3v) is 5.12. The highest BCUT2D eigenvalue weighted by Gasteiger charge is 2.18. The number of benzene rings is 2. The van der Waals surface area contributed by atoms with Gasteiger partial charge in [-0.2, -0.15) is 5.10 Å². The van der Waals surface area contributed by atoms with Gasteiger partial charge in [0.25, 0.3) is 5.91 Å². The molecule has 0 atom stereocenters. The Bertz CT molecular complexity index is 1240. The second kappa shape index (κ2) is 9.09. The molecule has 2 aromatic carbocycles. The van der Waals surface area contributed by atoms with Crippen molar-refractivity contribution in [2.75, 3.05) is 5.32 Å². The van der Waals surface area contributed by atoms with Gasteiger partial charge in [-0.25, -0.2) is 4.39 Å². The van der Waals surface area contributed by atoms with E-state index in [2.05, 4.69) is 35.5 Å². The molecule has 32 heavy (non-hydrogen) atoms. The van der Waals surface area contributed by atoms with E-state index in [4.69, 9.17) is 9.15 Å². The maximum Gasteiger partial charge on any atom is 0.291 e. The van der Waals surface area contributed by atoms with Gasteiger partial charge in [-0.05, 0) is 62.7 Å². The summed E-state index contributed by atoms with van der Waals surface area (Å²) in [7, 11) is 0. The number of halogens is 1. The molecule has 0 aliphatic carbocycles. The number of hydrogen-bond acceptors (Lipinski definition) is 4. The van der Waals surface area contributed by atoms with Gasteiger partial charge in [-0.3, -0.25) is 9.48 Å². The molecule has 0 aliphatic heterocycles. The Morgan fingerprint density at radius 3 is 2.62 bits per heavy atom. The minimum atomic E-state index is -0.362. The van der Waals surface area contributed by atoms with Crippen LogP contribution in [0, 0.1) is 26.6 Å². The van der Waals surface area contributed by atoms with Gasteiger partial charge in [0.15, 0.2) is 5.76 Å². The summed E-state index contributed by atoms with van der Waals surface area (Å²) in [6.45, 7) is 6.59. The van der Waals surface area contributed by atoms with E-state index in [0.717, 1.165) is 17.0 Å². The van der Waals surface area contributed by atoms with Gasteiger partial charge in [-0.1, -0.05) is 29.8 Å². The average molecular weight is 433 g/mol. The topological polar surface area (TPSA) is 69.3 Å². The fourth-order valence-electron chi connectivity index (χ4n) is 3.45. The SMILES string of the molecule is Cc1cccc(Cn2nc(C)c(NC(=O)c3ccc(COc4ccc(F)cc4)o3)c2C)c1. The molecule has 0 bridgehead atoms. The van der Waals surface area contributed by atoms with Gasteiger partial charge >= 0.3 is 0 Å². The highest BCUT2D eigenvalue weighted by Crippen LogP contribution is 2.22. The number of ether oxygens (including phenoxy) is 1. The minimum absolute atomic E-state index is 0.130. The summed E-state index contributed by atoms with van der Waals surface area (Å²) >= 11 is 0. The van der Waals surface area contributed by atoms with Crippen molar-refractivity contribution in [2.45, 2.75) is 33.9 Å². The number of anilines is 1. The zero-order chi connectivity index (χ0) is 22.7. The van der Waals surface area contributed by atoms with Crippen molar-refractivity contribution in [2.24, 2.45) is 0 Å². The van der Waals surface area contributed by atoms with Gasteiger partial charge in [0.1, 0.15) is 23.9 Å². The predicted molar refractivity (Wildman–Crippen MR) is 119 cm³/mol. The molecule has 0 aliphatic rings. The summed E-state index contributed by atoms with van der Waals surface area (Å²) in [6.07, 6.45) is 0. The van der Waals surface area contributed by atoms with Crippen molar-refractivity contribution >= 4 is 11.6 Å². The third-order valence-electron chi connectivity index (χ3n) is 5.12. The first-order chi connectivity index (χ1) is 15.4. The Hall–Kier alpha value is -3.87. The molecule has 164 valence electrons. The lowest BCUT2D eigenvalue weighted by molar-refractivity contribution is 0.0992. The quantitative estimate of drug-likeness (QED) is 0.423. The van der Waals surface area contributed by atoms with Gasteiger partial charge in [-0.15, -0.1) is 0 Å². The molecule has 4 rings (SSSR count). The summed E-state index contributed by atoms with van der Waals surface area (Å²) in [5, 5.41) is 7.49. The van der Waals surface area contributed by atoms with Crippen LogP contribution < -0.4 is 10.1 Å². The highest BCUT2D eigenvalue weighted by molar-refractivity contribution is 6.02. The van der Waals surface area contributed by atoms with Crippen LogP contribution in [0.15, 0.2) is 65.1 Å². The average Bonchev–Trinajstić information content (AvgIpc) is 3.34. The maximum absolute atomic E-state index is 13.0. The van der Waals surface area contributed by atoms with Crippen LogP contribution in [0.3, 0.4) is 0 Å². The highest BCUT2D eigenvalue weighted by atomic mass is 19.1. The van der Waals surface area contributed by atoms with Gasteiger partial charge in [0.2, 0.25) is 0 Å². The maximum atomic E-state index is 13.0. The summed E-state index contributed by atoms with van der Waals surface area (Å²) in [5.74, 6) is 0.485. The van der Waals surface area contributed by atoms with Crippen LogP contribution in [0.1, 0.15) is 38.8 Å². The second-order valence-electron chi connectivity index (χ2n) is 7.66. The van der Waals surface area contributed by atoms with Gasteiger partial charge < -0.3 is 14.5 Å². The van der Waals surface area contributed by atoms with Crippen LogP contribution in [0.2, 0.25) is 0 Å². The zero-order valence-corrected chi connectivity index (χ0v) is 18.2. The van der Waals surface area contributed by atoms with E-state index >= 15 is 0 Å². The van der Waals surface area contributed by atoms with Crippen LogP contribution in [0.4, 0.5) is 10.1 Å². The van der Waals surface area contributed by atoms with Crippen LogP contribution in [0.25, 0.3) is 0 Å². The fourth-order valence-corrected chi connectivity index (χ4v) is 3.45. The summed E-state index contributed by atoms with van der Waals surface area (Å²) in [4.78, 5) is 12.7. The molecule has 0 saturated carbocycles. The first kappa shape index (κ1) is 21.4. The molecule has 0 unspecified atom stereocenters. The first-order valence-electron chi connectivity index (χ1n) is 10.3. The number of carbonyl (C=O) groups is 1. The van der Waals surface area contributed by atoms with E-state index in [1.54, 1.807) is 12.1 Å². The minimum Gasteiger partial charge on any atom is -0.486 e. The van der Waals surface area contributed by atoms with Crippen LogP contribution in [0.5, 0.6) is 5.75 Å². The van der Waals surface area contributed by atoms with Crippen molar-refractivity contribution in [1.82, 2.24) is 9.78 Å². The molecule has 4 aromatic rings. The number of aromatic nitrogens is 2. The number of furan rings is 1. The lowest BCUT2D eigenvalue weighted by Gasteiger charge is -2.07. The van der Waals surface area contributed by atoms with Crippen molar-refractivity contribution in [3.8, 4) is 5.75 Å². The molecule has 0 saturated heterocycles. The van der Waals surface area contributed by atoms with Crippen LogP contribution in [-0.4, -0.2) is 15.7 Å². The molecular weight excluding hydrogens is 409 g/mol. The fraction of sp³-hybridized carbons (Fsp3) is 0.200. The summed E-state index contributed by atoms with van der Waals surface area (Å²) < 4.78 is 26.0. The molecule has 6 nitrogen and oxygen atoms in total. The largest absolute Gasteiger partial charge is 0.486 e. The number of nitrogens with zero attached hydrogens (tertiary/aromatic N) is 2. The van der Waals surface area contributed by atoms with Crippen molar-refractivity contribution in [1.29, 1.82) is 0 Å². The Labute approximate surface area is 185 Å². The lowest BCUT2D eigenvalue weighted by Crippen LogP contribution is -2.12. The molecule has 1 amide bonds. The molecule has 0 spiro atoms. The van der Waals surface area contributed by atoms with E-state index in [1.165, 1.54) is 29.8 Å². The predicted octanol–water partition coefficient (Wildman–Crippen LogP) is 5.42. The second-order valence-corrected chi connectivity index (χ2v) is 7.66. The van der Waals surface area contributed by atoms with E-state index in [0.29, 0.717) is 23.7 Å². The molecule has 1 N–H and O–H groups in total. The monoisotopic (exact) mass is 433 g/mol. The number of nitrogens with one attached hydrogen (secondary N) is 1. The Balaban J connectivity index is 1.41. The molecule has 2 aromatic heterocycles. The number of rotatable bonds is 7. The van der Waals surface area contributed by atoms with Crippen LogP contribution in [-0.2, 0) is 13.2 Å². The van der Waals surface area contributed by atoms with Gasteiger partial charge in [0.05, 0.1) is 23.6 Å². The van der Waals surface area contributed by atoms with Crippen LogP contribution >= 0.6 is 0 Å². The van der Waals surface area contributed by atoms with E-state index in [9.17, 15) is 9.18 Å². The molecule has 0 fully saturated rings. The zero-order valence-electron chi connectivity index (χ0n) is 18.2. The summed E-state index contributed by atoms with van der Waals surface area (Å²) in [5.41, 5.74) is 4.60. The van der Waals surface area contributed by atoms with E-state index in [-0.39, 0.29) is 24.1 Å². The van der Waals surface area contributed by atoms with Gasteiger partial charge in [0, 0.05) is 0 Å². The van der Waals surface area contributed by atoms with E-state index in [1.807, 2.05) is 24.6 Å². The smallest absolute Gasteiger partial charge is 0.291 e. The summed E-state index contributed by atoms with van der Waals surface area (Å²) in [6, 6.07) is 17.2. The molecule has 2 heterocycles. The molecule has 7 heteroatoms. The first-order valence-corrected chi connectivity index (χ1v) is 10.3. The Kier molecular flexibility index (Phi) is 6.07.